The van der Waals surface area contributed by atoms with Crippen molar-refractivity contribution in [1.82, 2.24) is 25.2 Å². The lowest BCUT2D eigenvalue weighted by molar-refractivity contribution is 0.162. The summed E-state index contributed by atoms with van der Waals surface area (Å²) in [4.78, 5) is 14.4. The molecule has 2 aliphatic heterocycles. The molecule has 5 N–H and O–H groups in total. The number of fused-ring (bicyclic) bond motifs is 2. The average molecular weight is 263 g/mol. The molecule has 3 rings (SSSR count). The van der Waals surface area contributed by atoms with Crippen LogP contribution < -0.4 is 16.8 Å². The van der Waals surface area contributed by atoms with Gasteiger partial charge in [0.25, 0.3) is 0 Å². The number of anilines is 2. The monoisotopic (exact) mass is 263 g/mol. The number of rotatable bonds is 3. The number of hydrogen-bond acceptors (Lipinski definition) is 7. The summed E-state index contributed by atoms with van der Waals surface area (Å²) in [6.45, 7) is 0.668. The van der Waals surface area contributed by atoms with E-state index in [1.807, 2.05) is 0 Å². The summed E-state index contributed by atoms with van der Waals surface area (Å²) in [5, 5.41) is 3.65. The number of nitrogen functional groups attached to an aromatic ring is 2. The summed E-state index contributed by atoms with van der Waals surface area (Å²) in [5.41, 5.74) is 11.2. The molecule has 0 aromatic carbocycles. The topological polar surface area (TPSA) is 106 Å². The van der Waals surface area contributed by atoms with Gasteiger partial charge in [-0.2, -0.15) is 15.0 Å². The lowest BCUT2D eigenvalue weighted by Gasteiger charge is -2.35. The molecule has 2 saturated heterocycles. The number of aromatic nitrogens is 3. The second-order valence-electron chi connectivity index (χ2n) is 5.65. The highest BCUT2D eigenvalue weighted by molar-refractivity contribution is 5.25. The van der Waals surface area contributed by atoms with Gasteiger partial charge in [0.2, 0.25) is 11.9 Å². The van der Waals surface area contributed by atoms with Crippen LogP contribution in [0.15, 0.2) is 0 Å². The normalized spacial score (nSPS) is 29.9. The van der Waals surface area contributed by atoms with Crippen molar-refractivity contribution in [2.45, 2.75) is 50.4 Å². The van der Waals surface area contributed by atoms with E-state index in [9.17, 15) is 0 Å². The largest absolute Gasteiger partial charge is 0.368 e. The van der Waals surface area contributed by atoms with Crippen LogP contribution in [0.2, 0.25) is 0 Å². The standard InChI is InChI=1S/C12H21N7/c1-19(6-10-16-11(13)18-12(14)17-10)9-4-7-2-3-8(5-9)15-7/h7-9,15H,2-6H2,1H3,(H4,13,14,16,17,18). The Kier molecular flexibility index (Phi) is 3.24. The SMILES string of the molecule is CN(Cc1nc(N)nc(N)n1)C1CC2CCC(C1)N2. The van der Waals surface area contributed by atoms with Gasteiger partial charge in [-0.3, -0.25) is 4.90 Å². The van der Waals surface area contributed by atoms with Gasteiger partial charge in [0, 0.05) is 18.1 Å². The average Bonchev–Trinajstić information content (AvgIpc) is 2.66. The second kappa shape index (κ2) is 4.90. The van der Waals surface area contributed by atoms with Gasteiger partial charge in [-0.15, -0.1) is 0 Å². The summed E-state index contributed by atoms with van der Waals surface area (Å²) in [6.07, 6.45) is 5.01. The predicted octanol–water partition coefficient (Wildman–Crippen LogP) is -0.249. The number of piperidine rings is 1. The number of nitrogens with one attached hydrogen (secondary N) is 1. The molecule has 3 heterocycles. The van der Waals surface area contributed by atoms with Crippen LogP contribution in [0, 0.1) is 0 Å². The molecule has 7 heteroatoms. The predicted molar refractivity (Wildman–Crippen MR) is 73.1 cm³/mol. The third-order valence-corrected chi connectivity index (χ3v) is 4.18. The number of hydrogen-bond donors (Lipinski definition) is 3. The molecule has 2 unspecified atom stereocenters. The van der Waals surface area contributed by atoms with Crippen molar-refractivity contribution in [2.24, 2.45) is 0 Å². The Labute approximate surface area is 112 Å². The maximum atomic E-state index is 5.60. The molecule has 2 atom stereocenters. The summed E-state index contributed by atoms with van der Waals surface area (Å²) in [5.74, 6) is 1.04. The minimum absolute atomic E-state index is 0.196. The number of nitrogens with zero attached hydrogens (tertiary/aromatic N) is 4. The molecular weight excluding hydrogens is 242 g/mol. The maximum Gasteiger partial charge on any atom is 0.225 e. The van der Waals surface area contributed by atoms with Crippen molar-refractivity contribution < 1.29 is 0 Å². The summed E-state index contributed by atoms with van der Waals surface area (Å²) < 4.78 is 0. The highest BCUT2D eigenvalue weighted by Crippen LogP contribution is 2.29. The first-order valence-corrected chi connectivity index (χ1v) is 6.82. The molecular formula is C12H21N7. The fraction of sp³-hybridized carbons (Fsp3) is 0.750. The van der Waals surface area contributed by atoms with Crippen LogP contribution in [-0.2, 0) is 6.54 Å². The van der Waals surface area contributed by atoms with E-state index in [0.717, 1.165) is 0 Å². The van der Waals surface area contributed by atoms with Crippen molar-refractivity contribution in [3.8, 4) is 0 Å². The smallest absolute Gasteiger partial charge is 0.225 e. The molecule has 19 heavy (non-hydrogen) atoms. The highest BCUT2D eigenvalue weighted by atomic mass is 15.2. The number of nitrogens with two attached hydrogens (primary N) is 2. The molecule has 0 spiro atoms. The molecule has 104 valence electrons. The molecule has 0 aliphatic carbocycles. The Bertz CT molecular complexity index is 431. The van der Waals surface area contributed by atoms with Crippen molar-refractivity contribution in [3.05, 3.63) is 5.82 Å². The molecule has 2 fully saturated rings. The van der Waals surface area contributed by atoms with Crippen LogP contribution in [0.1, 0.15) is 31.5 Å². The van der Waals surface area contributed by atoms with Gasteiger partial charge in [0.1, 0.15) is 5.82 Å². The molecule has 1 aromatic heterocycles. The Balaban J connectivity index is 1.65. The van der Waals surface area contributed by atoms with Gasteiger partial charge in [-0.25, -0.2) is 0 Å². The molecule has 7 nitrogen and oxygen atoms in total. The second-order valence-corrected chi connectivity index (χ2v) is 5.65. The molecule has 2 aliphatic rings. The van der Waals surface area contributed by atoms with E-state index in [-0.39, 0.29) is 11.9 Å². The fourth-order valence-corrected chi connectivity index (χ4v) is 3.27. The Morgan fingerprint density at radius 2 is 1.68 bits per heavy atom. The van der Waals surface area contributed by atoms with E-state index in [4.69, 9.17) is 11.5 Å². The Morgan fingerprint density at radius 1 is 1.11 bits per heavy atom. The van der Waals surface area contributed by atoms with E-state index >= 15 is 0 Å². The zero-order valence-corrected chi connectivity index (χ0v) is 11.2. The third kappa shape index (κ3) is 2.76. The lowest BCUT2D eigenvalue weighted by atomic mass is 9.98. The van der Waals surface area contributed by atoms with Crippen molar-refractivity contribution in [1.29, 1.82) is 0 Å². The molecule has 0 radical (unpaired) electrons. The van der Waals surface area contributed by atoms with Gasteiger partial charge in [-0.05, 0) is 32.7 Å². The molecule has 0 saturated carbocycles. The van der Waals surface area contributed by atoms with Gasteiger partial charge >= 0.3 is 0 Å². The van der Waals surface area contributed by atoms with Gasteiger partial charge in [-0.1, -0.05) is 0 Å². The first-order chi connectivity index (χ1) is 9.10. The summed E-state index contributed by atoms with van der Waals surface area (Å²) in [7, 11) is 2.12. The third-order valence-electron chi connectivity index (χ3n) is 4.18. The summed E-state index contributed by atoms with van der Waals surface area (Å²) in [6, 6.07) is 1.94. The van der Waals surface area contributed by atoms with E-state index in [0.29, 0.717) is 30.5 Å². The zero-order valence-electron chi connectivity index (χ0n) is 11.2. The van der Waals surface area contributed by atoms with E-state index < -0.39 is 0 Å². The van der Waals surface area contributed by atoms with Crippen LogP contribution in [-0.4, -0.2) is 45.0 Å². The lowest BCUT2D eigenvalue weighted by Crippen LogP contribution is -2.46. The van der Waals surface area contributed by atoms with Gasteiger partial charge in [0.05, 0.1) is 6.54 Å². The van der Waals surface area contributed by atoms with Gasteiger partial charge < -0.3 is 16.8 Å². The minimum Gasteiger partial charge on any atom is -0.368 e. The van der Waals surface area contributed by atoms with Crippen LogP contribution in [0.4, 0.5) is 11.9 Å². The Morgan fingerprint density at radius 3 is 2.26 bits per heavy atom. The Hall–Kier alpha value is -1.47. The van der Waals surface area contributed by atoms with Crippen molar-refractivity contribution in [3.63, 3.8) is 0 Å². The van der Waals surface area contributed by atoms with E-state index in [1.165, 1.54) is 25.7 Å². The van der Waals surface area contributed by atoms with Gasteiger partial charge in [0.15, 0.2) is 0 Å². The minimum atomic E-state index is 0.196. The van der Waals surface area contributed by atoms with Crippen LogP contribution >= 0.6 is 0 Å². The van der Waals surface area contributed by atoms with Crippen molar-refractivity contribution in [2.75, 3.05) is 18.5 Å². The quantitative estimate of drug-likeness (QED) is 0.690. The van der Waals surface area contributed by atoms with Crippen molar-refractivity contribution >= 4 is 11.9 Å². The zero-order chi connectivity index (χ0) is 13.4. The fourth-order valence-electron chi connectivity index (χ4n) is 3.27. The van der Waals surface area contributed by atoms with Crippen LogP contribution in [0.25, 0.3) is 0 Å². The molecule has 2 bridgehead atoms. The molecule has 0 amide bonds. The highest BCUT2D eigenvalue weighted by Gasteiger charge is 2.35. The summed E-state index contributed by atoms with van der Waals surface area (Å²) >= 11 is 0. The first-order valence-electron chi connectivity index (χ1n) is 6.82. The van der Waals surface area contributed by atoms with Crippen LogP contribution in [0.5, 0.6) is 0 Å². The van der Waals surface area contributed by atoms with E-state index in [2.05, 4.69) is 32.2 Å². The molecule has 1 aromatic rings. The maximum absolute atomic E-state index is 5.60. The van der Waals surface area contributed by atoms with Crippen LogP contribution in [0.3, 0.4) is 0 Å². The van der Waals surface area contributed by atoms with E-state index in [1.54, 1.807) is 0 Å². The first kappa shape index (κ1) is 12.6.